The van der Waals surface area contributed by atoms with Gasteiger partial charge in [0.15, 0.2) is 0 Å². The van der Waals surface area contributed by atoms with Crippen LogP contribution < -0.4 is 9.47 Å². The van der Waals surface area contributed by atoms with Crippen molar-refractivity contribution in [3.63, 3.8) is 0 Å². The lowest BCUT2D eigenvalue weighted by Crippen LogP contribution is -2.13. The number of hydrogen-bond donors (Lipinski definition) is 0. The molecule has 2 unspecified atom stereocenters. The summed E-state index contributed by atoms with van der Waals surface area (Å²) in [6, 6.07) is 6.02. The summed E-state index contributed by atoms with van der Waals surface area (Å²) in [6.45, 7) is 17.6. The first-order valence-electron chi connectivity index (χ1n) is 11.9. The maximum Gasteiger partial charge on any atom is 0.282 e. The summed E-state index contributed by atoms with van der Waals surface area (Å²) < 4.78 is 13.3. The fourth-order valence-electron chi connectivity index (χ4n) is 3.58. The normalized spacial score (nSPS) is 14.2. The molecule has 0 aliphatic carbocycles. The molecule has 0 aromatic heterocycles. The lowest BCUT2D eigenvalue weighted by Gasteiger charge is -2.19. The molecule has 0 amide bonds. The van der Waals surface area contributed by atoms with Crippen molar-refractivity contribution in [2.75, 3.05) is 13.2 Å². The highest BCUT2D eigenvalue weighted by molar-refractivity contribution is 8.24. The molecule has 0 saturated heterocycles. The Hall–Kier alpha value is -1.76. The van der Waals surface area contributed by atoms with Crippen LogP contribution in [0.1, 0.15) is 79.1 Å². The molecule has 1 aliphatic heterocycles. The summed E-state index contributed by atoms with van der Waals surface area (Å²) in [7, 11) is 0. The first-order valence-corrected chi connectivity index (χ1v) is 13.5. The summed E-state index contributed by atoms with van der Waals surface area (Å²) >= 11 is 2.93. The van der Waals surface area contributed by atoms with Crippen LogP contribution in [-0.4, -0.2) is 13.2 Å². The minimum atomic E-state index is 0.136. The summed E-state index contributed by atoms with van der Waals surface area (Å²) in [5.41, 5.74) is 0.136. The number of nitrogens with zero attached hydrogens (tertiary/aromatic N) is 2. The van der Waals surface area contributed by atoms with Crippen LogP contribution in [0.3, 0.4) is 0 Å². The molecule has 0 N–H and O–H groups in total. The maximum atomic E-state index is 9.37. The standard InChI is InChI=1S/C26H36N2O2S2/c1-6-10-12-19(8-3)17-29-22-14-15-23(30-18-20(9-4)13-11-7-2)25-24(22)31-26(32-25)21(16-27)28-5/h14-15,19-20H,6-13,17-18H2,1-4H3. The molecule has 6 heteroatoms. The highest BCUT2D eigenvalue weighted by atomic mass is 32.2. The molecule has 0 spiro atoms. The van der Waals surface area contributed by atoms with Gasteiger partial charge in [0, 0.05) is 0 Å². The van der Waals surface area contributed by atoms with E-state index in [9.17, 15) is 5.26 Å². The second-order valence-corrected chi connectivity index (χ2v) is 10.5. The smallest absolute Gasteiger partial charge is 0.282 e. The van der Waals surface area contributed by atoms with E-state index in [1.807, 2.05) is 18.2 Å². The molecule has 4 nitrogen and oxygen atoms in total. The van der Waals surface area contributed by atoms with Gasteiger partial charge < -0.3 is 9.47 Å². The predicted octanol–water partition coefficient (Wildman–Crippen LogP) is 8.69. The van der Waals surface area contributed by atoms with Crippen LogP contribution in [-0.2, 0) is 0 Å². The Balaban J connectivity index is 2.24. The Morgan fingerprint density at radius 3 is 1.75 bits per heavy atom. The number of fused-ring (bicyclic) bond motifs is 1. The van der Waals surface area contributed by atoms with Gasteiger partial charge in [0.1, 0.15) is 11.5 Å². The Kier molecular flexibility index (Phi) is 11.9. The number of nitriles is 1. The van der Waals surface area contributed by atoms with E-state index in [4.69, 9.17) is 16.0 Å². The Morgan fingerprint density at radius 1 is 0.938 bits per heavy atom. The molecule has 2 atom stereocenters. The molecule has 0 saturated carbocycles. The van der Waals surface area contributed by atoms with Crippen molar-refractivity contribution in [2.24, 2.45) is 11.8 Å². The van der Waals surface area contributed by atoms with E-state index < -0.39 is 0 Å². The molecule has 1 heterocycles. The van der Waals surface area contributed by atoms with Crippen LogP contribution in [0.25, 0.3) is 4.85 Å². The fraction of sp³-hybridized carbons (Fsp3) is 0.615. The molecule has 1 aliphatic rings. The molecule has 1 aromatic carbocycles. The van der Waals surface area contributed by atoms with E-state index in [1.165, 1.54) is 62.0 Å². The lowest BCUT2D eigenvalue weighted by molar-refractivity contribution is 0.219. The molecular weight excluding hydrogens is 436 g/mol. The number of benzene rings is 1. The first-order chi connectivity index (χ1) is 15.6. The number of ether oxygens (including phenoxy) is 2. The third-order valence-electron chi connectivity index (χ3n) is 5.88. The van der Waals surface area contributed by atoms with Crippen LogP contribution in [0.15, 0.2) is 31.9 Å². The van der Waals surface area contributed by atoms with Crippen LogP contribution >= 0.6 is 23.5 Å². The van der Waals surface area contributed by atoms with Crippen molar-refractivity contribution < 1.29 is 9.47 Å². The number of unbranched alkanes of at least 4 members (excludes halogenated alkanes) is 2. The van der Waals surface area contributed by atoms with E-state index in [-0.39, 0.29) is 5.70 Å². The third kappa shape index (κ3) is 7.39. The first kappa shape index (κ1) is 26.5. The molecule has 174 valence electrons. The number of rotatable bonds is 14. The van der Waals surface area contributed by atoms with Gasteiger partial charge in [0.25, 0.3) is 5.70 Å². The minimum absolute atomic E-state index is 0.136. The summed E-state index contributed by atoms with van der Waals surface area (Å²) in [5, 5.41) is 9.37. The number of thioether (sulfide) groups is 2. The van der Waals surface area contributed by atoms with Crippen molar-refractivity contribution >= 4 is 23.5 Å². The van der Waals surface area contributed by atoms with Gasteiger partial charge in [-0.1, -0.05) is 89.7 Å². The average Bonchev–Trinajstić information content (AvgIpc) is 3.26. The second kappa shape index (κ2) is 14.4. The molecular formula is C26H36N2O2S2. The van der Waals surface area contributed by atoms with Gasteiger partial charge >= 0.3 is 0 Å². The van der Waals surface area contributed by atoms with Crippen molar-refractivity contribution in [3.8, 4) is 17.6 Å². The van der Waals surface area contributed by atoms with Crippen molar-refractivity contribution in [2.45, 2.75) is 88.9 Å². The molecule has 0 bridgehead atoms. The Morgan fingerprint density at radius 2 is 1.41 bits per heavy atom. The van der Waals surface area contributed by atoms with E-state index in [2.05, 4.69) is 32.5 Å². The highest BCUT2D eigenvalue weighted by Gasteiger charge is 2.29. The van der Waals surface area contributed by atoms with Gasteiger partial charge in [-0.05, 0) is 36.8 Å². The van der Waals surface area contributed by atoms with Crippen LogP contribution in [0.2, 0.25) is 0 Å². The van der Waals surface area contributed by atoms with Gasteiger partial charge in [0.2, 0.25) is 0 Å². The topological polar surface area (TPSA) is 46.6 Å². The minimum Gasteiger partial charge on any atom is -0.492 e. The average molecular weight is 473 g/mol. The van der Waals surface area contributed by atoms with E-state index in [0.29, 0.717) is 25.0 Å². The van der Waals surface area contributed by atoms with Crippen molar-refractivity contribution in [1.29, 1.82) is 5.26 Å². The van der Waals surface area contributed by atoms with Crippen LogP contribution in [0.5, 0.6) is 11.5 Å². The van der Waals surface area contributed by atoms with E-state index >= 15 is 0 Å². The second-order valence-electron chi connectivity index (χ2n) is 8.24. The SMILES string of the molecule is [C-]#[N+]C(C#N)=C1Sc2c(OCC(CC)CCCC)ccc(OCC(CC)CCCC)c2S1. The van der Waals surface area contributed by atoms with E-state index in [0.717, 1.165) is 38.4 Å². The van der Waals surface area contributed by atoms with E-state index in [1.54, 1.807) is 0 Å². The van der Waals surface area contributed by atoms with Crippen molar-refractivity contribution in [3.05, 3.63) is 33.5 Å². The summed E-state index contributed by atoms with van der Waals surface area (Å²) in [6.07, 6.45) is 9.39. The zero-order valence-electron chi connectivity index (χ0n) is 19.9. The quantitative estimate of drug-likeness (QED) is 0.200. The molecule has 2 rings (SSSR count). The number of hydrogen-bond acceptors (Lipinski definition) is 5. The third-order valence-corrected chi connectivity index (χ3v) is 8.48. The molecule has 0 radical (unpaired) electrons. The van der Waals surface area contributed by atoms with Crippen LogP contribution in [0.4, 0.5) is 0 Å². The Labute approximate surface area is 203 Å². The van der Waals surface area contributed by atoms with Crippen LogP contribution in [0, 0.1) is 29.7 Å². The summed E-state index contributed by atoms with van der Waals surface area (Å²) in [5.74, 6) is 2.74. The zero-order valence-corrected chi connectivity index (χ0v) is 21.5. The number of allylic oxidation sites excluding steroid dienone is 1. The molecule has 1 aromatic rings. The van der Waals surface area contributed by atoms with Gasteiger partial charge in [-0.15, -0.1) is 0 Å². The van der Waals surface area contributed by atoms with Gasteiger partial charge in [0.05, 0.1) is 39.9 Å². The Bertz CT molecular complexity index is 788. The fourth-order valence-corrected chi connectivity index (χ4v) is 6.08. The predicted molar refractivity (Wildman–Crippen MR) is 135 cm³/mol. The summed E-state index contributed by atoms with van der Waals surface area (Å²) in [4.78, 5) is 5.37. The largest absolute Gasteiger partial charge is 0.492 e. The zero-order chi connectivity index (χ0) is 23.3. The van der Waals surface area contributed by atoms with Gasteiger partial charge in [-0.3, -0.25) is 0 Å². The molecule has 0 fully saturated rings. The monoisotopic (exact) mass is 472 g/mol. The maximum absolute atomic E-state index is 9.37. The highest BCUT2D eigenvalue weighted by Crippen LogP contribution is 2.59. The van der Waals surface area contributed by atoms with Crippen molar-refractivity contribution in [1.82, 2.24) is 0 Å². The molecule has 32 heavy (non-hydrogen) atoms. The van der Waals surface area contributed by atoms with Gasteiger partial charge in [-0.25, -0.2) is 10.1 Å². The lowest BCUT2D eigenvalue weighted by atomic mass is 10.0. The van der Waals surface area contributed by atoms with Gasteiger partial charge in [-0.2, -0.15) is 0 Å².